The SMILES string of the molecule is CNC(Cc1ccc(Br)cn1)c1ccc(F)cc1. The summed E-state index contributed by atoms with van der Waals surface area (Å²) in [7, 11) is 1.90. The van der Waals surface area contributed by atoms with Crippen molar-refractivity contribution in [3.05, 3.63) is 64.1 Å². The molecule has 0 aliphatic heterocycles. The van der Waals surface area contributed by atoms with Crippen LogP contribution in [0.3, 0.4) is 0 Å². The second kappa shape index (κ2) is 6.07. The molecule has 0 saturated heterocycles. The van der Waals surface area contributed by atoms with Crippen LogP contribution in [0.1, 0.15) is 17.3 Å². The van der Waals surface area contributed by atoms with Crippen LogP contribution in [0.15, 0.2) is 47.1 Å². The summed E-state index contributed by atoms with van der Waals surface area (Å²) >= 11 is 3.36. The van der Waals surface area contributed by atoms with Crippen molar-refractivity contribution in [3.8, 4) is 0 Å². The van der Waals surface area contributed by atoms with E-state index in [1.807, 2.05) is 19.2 Å². The summed E-state index contributed by atoms with van der Waals surface area (Å²) in [6.45, 7) is 0. The summed E-state index contributed by atoms with van der Waals surface area (Å²) in [5.41, 5.74) is 2.06. The molecule has 2 rings (SSSR count). The zero-order valence-corrected chi connectivity index (χ0v) is 11.6. The van der Waals surface area contributed by atoms with Crippen LogP contribution in [-0.2, 0) is 6.42 Å². The number of benzene rings is 1. The number of nitrogens with zero attached hydrogens (tertiary/aromatic N) is 1. The highest BCUT2D eigenvalue weighted by Gasteiger charge is 2.10. The summed E-state index contributed by atoms with van der Waals surface area (Å²) in [5, 5.41) is 3.23. The van der Waals surface area contributed by atoms with Gasteiger partial charge in [0.1, 0.15) is 5.82 Å². The molecule has 0 saturated carbocycles. The normalized spacial score (nSPS) is 12.4. The zero-order valence-electron chi connectivity index (χ0n) is 10.0. The zero-order chi connectivity index (χ0) is 13.0. The van der Waals surface area contributed by atoms with Gasteiger partial charge in [0, 0.05) is 28.8 Å². The first-order valence-electron chi connectivity index (χ1n) is 5.72. The lowest BCUT2D eigenvalue weighted by Crippen LogP contribution is -2.19. The van der Waals surface area contributed by atoms with Gasteiger partial charge in [-0.1, -0.05) is 12.1 Å². The van der Waals surface area contributed by atoms with Gasteiger partial charge >= 0.3 is 0 Å². The number of pyridine rings is 1. The van der Waals surface area contributed by atoms with E-state index in [4.69, 9.17) is 0 Å². The average Bonchev–Trinajstić information content (AvgIpc) is 2.39. The summed E-state index contributed by atoms with van der Waals surface area (Å²) in [5.74, 6) is -0.213. The lowest BCUT2D eigenvalue weighted by molar-refractivity contribution is 0.579. The van der Waals surface area contributed by atoms with Crippen LogP contribution in [0.25, 0.3) is 0 Å². The van der Waals surface area contributed by atoms with Gasteiger partial charge in [-0.05, 0) is 52.8 Å². The van der Waals surface area contributed by atoms with Gasteiger partial charge in [-0.3, -0.25) is 4.98 Å². The van der Waals surface area contributed by atoms with Gasteiger partial charge in [-0.2, -0.15) is 0 Å². The molecule has 0 fully saturated rings. The quantitative estimate of drug-likeness (QED) is 0.935. The standard InChI is InChI=1S/C14H14BrFN2/c1-17-14(10-2-5-12(16)6-3-10)8-13-7-4-11(15)9-18-13/h2-7,9,14,17H,8H2,1H3. The molecule has 0 aliphatic carbocycles. The maximum Gasteiger partial charge on any atom is 0.123 e. The fourth-order valence-corrected chi connectivity index (χ4v) is 2.05. The van der Waals surface area contributed by atoms with Gasteiger partial charge in [0.15, 0.2) is 0 Å². The number of hydrogen-bond acceptors (Lipinski definition) is 2. The Morgan fingerprint density at radius 3 is 2.50 bits per heavy atom. The molecule has 2 nitrogen and oxygen atoms in total. The van der Waals surface area contributed by atoms with Gasteiger partial charge in [-0.15, -0.1) is 0 Å². The van der Waals surface area contributed by atoms with Crippen molar-refractivity contribution in [2.75, 3.05) is 7.05 Å². The molecule has 4 heteroatoms. The van der Waals surface area contributed by atoms with Crippen LogP contribution in [0.4, 0.5) is 4.39 Å². The number of halogens is 2. The molecule has 0 amide bonds. The molecule has 2 aromatic rings. The third kappa shape index (κ3) is 3.37. The van der Waals surface area contributed by atoms with Crippen LogP contribution < -0.4 is 5.32 Å². The van der Waals surface area contributed by atoms with Gasteiger partial charge in [0.25, 0.3) is 0 Å². The third-order valence-corrected chi connectivity index (χ3v) is 3.29. The Morgan fingerprint density at radius 2 is 1.94 bits per heavy atom. The van der Waals surface area contributed by atoms with Crippen molar-refractivity contribution in [1.82, 2.24) is 10.3 Å². The lowest BCUT2D eigenvalue weighted by Gasteiger charge is -2.16. The summed E-state index contributed by atoms with van der Waals surface area (Å²) in [6.07, 6.45) is 2.56. The fourth-order valence-electron chi connectivity index (χ4n) is 1.82. The molecule has 18 heavy (non-hydrogen) atoms. The molecule has 0 spiro atoms. The van der Waals surface area contributed by atoms with Gasteiger partial charge in [0.05, 0.1) is 0 Å². The van der Waals surface area contributed by atoms with E-state index in [1.54, 1.807) is 18.3 Å². The van der Waals surface area contributed by atoms with Crippen molar-refractivity contribution in [3.63, 3.8) is 0 Å². The molecule has 1 aromatic carbocycles. The van der Waals surface area contributed by atoms with E-state index in [0.717, 1.165) is 22.2 Å². The minimum absolute atomic E-state index is 0.138. The van der Waals surface area contributed by atoms with E-state index in [2.05, 4.69) is 26.2 Å². The van der Waals surface area contributed by atoms with Crippen molar-refractivity contribution in [1.29, 1.82) is 0 Å². The van der Waals surface area contributed by atoms with Gasteiger partial charge in [-0.25, -0.2) is 4.39 Å². The molecule has 1 unspecified atom stereocenters. The molecule has 94 valence electrons. The molecular weight excluding hydrogens is 295 g/mol. The van der Waals surface area contributed by atoms with Crippen molar-refractivity contribution in [2.24, 2.45) is 0 Å². The highest BCUT2D eigenvalue weighted by Crippen LogP contribution is 2.18. The molecule has 1 heterocycles. The predicted octanol–water partition coefficient (Wildman–Crippen LogP) is 3.49. The number of nitrogens with one attached hydrogen (secondary N) is 1. The third-order valence-electron chi connectivity index (χ3n) is 2.82. The Kier molecular flexibility index (Phi) is 4.44. The Balaban J connectivity index is 2.14. The summed E-state index contributed by atoms with van der Waals surface area (Å²) in [4.78, 5) is 4.35. The van der Waals surface area contributed by atoms with Crippen LogP contribution in [0.2, 0.25) is 0 Å². The maximum absolute atomic E-state index is 12.9. The Labute approximate surface area is 114 Å². The first kappa shape index (κ1) is 13.2. The number of likely N-dealkylation sites (N-methyl/N-ethyl adjacent to an activating group) is 1. The van der Waals surface area contributed by atoms with Crippen molar-refractivity contribution in [2.45, 2.75) is 12.5 Å². The fraction of sp³-hybridized carbons (Fsp3) is 0.214. The Bertz CT molecular complexity index is 496. The van der Waals surface area contributed by atoms with E-state index >= 15 is 0 Å². The van der Waals surface area contributed by atoms with E-state index in [9.17, 15) is 4.39 Å². The topological polar surface area (TPSA) is 24.9 Å². The van der Waals surface area contributed by atoms with E-state index in [0.29, 0.717) is 0 Å². The van der Waals surface area contributed by atoms with Crippen LogP contribution in [-0.4, -0.2) is 12.0 Å². The molecule has 1 N–H and O–H groups in total. The molecule has 1 atom stereocenters. The number of aromatic nitrogens is 1. The smallest absolute Gasteiger partial charge is 0.123 e. The van der Waals surface area contributed by atoms with E-state index in [1.165, 1.54) is 12.1 Å². The van der Waals surface area contributed by atoms with Crippen LogP contribution in [0, 0.1) is 5.82 Å². The van der Waals surface area contributed by atoms with E-state index in [-0.39, 0.29) is 11.9 Å². The predicted molar refractivity (Wildman–Crippen MR) is 73.8 cm³/mol. The lowest BCUT2D eigenvalue weighted by atomic mass is 10.0. The summed E-state index contributed by atoms with van der Waals surface area (Å²) < 4.78 is 13.9. The summed E-state index contributed by atoms with van der Waals surface area (Å²) in [6, 6.07) is 10.7. The molecule has 0 aliphatic rings. The highest BCUT2D eigenvalue weighted by molar-refractivity contribution is 9.10. The minimum atomic E-state index is -0.213. The molecule has 0 bridgehead atoms. The first-order valence-corrected chi connectivity index (χ1v) is 6.51. The number of rotatable bonds is 4. The largest absolute Gasteiger partial charge is 0.313 e. The van der Waals surface area contributed by atoms with Crippen LogP contribution >= 0.6 is 15.9 Å². The van der Waals surface area contributed by atoms with Gasteiger partial charge in [0.2, 0.25) is 0 Å². The van der Waals surface area contributed by atoms with Crippen molar-refractivity contribution >= 4 is 15.9 Å². The molecular formula is C14H14BrFN2. The molecule has 1 aromatic heterocycles. The second-order valence-corrected chi connectivity index (χ2v) is 4.98. The Morgan fingerprint density at radius 1 is 1.22 bits per heavy atom. The maximum atomic E-state index is 12.9. The Hall–Kier alpha value is -1.26. The van der Waals surface area contributed by atoms with Gasteiger partial charge < -0.3 is 5.32 Å². The van der Waals surface area contributed by atoms with E-state index < -0.39 is 0 Å². The minimum Gasteiger partial charge on any atom is -0.313 e. The second-order valence-electron chi connectivity index (χ2n) is 4.06. The number of hydrogen-bond donors (Lipinski definition) is 1. The van der Waals surface area contributed by atoms with Crippen molar-refractivity contribution < 1.29 is 4.39 Å². The van der Waals surface area contributed by atoms with Crippen LogP contribution in [0.5, 0.6) is 0 Å². The first-order chi connectivity index (χ1) is 8.69. The molecule has 0 radical (unpaired) electrons. The highest BCUT2D eigenvalue weighted by atomic mass is 79.9. The monoisotopic (exact) mass is 308 g/mol. The average molecular weight is 309 g/mol.